The number of carbonyl (C=O) groups is 1. The Hall–Kier alpha value is -1.39. The highest BCUT2D eigenvalue weighted by molar-refractivity contribution is 5.73. The summed E-state index contributed by atoms with van der Waals surface area (Å²) in [6.45, 7) is 5.57. The molecule has 0 radical (unpaired) electrons. The minimum Gasteiger partial charge on any atom is -0.466 e. The molecule has 36 heavy (non-hydrogen) atoms. The number of aliphatic hydroxyl groups is 3. The molecule has 2 fully saturated rings. The van der Waals surface area contributed by atoms with E-state index in [4.69, 9.17) is 30.4 Å². The number of rotatable bonds is 9. The Morgan fingerprint density at radius 1 is 1.22 bits per heavy atom. The normalized spacial score (nSPS) is 43.4. The standard InChI is InChI=1S/C23H43N5O8/c1-5-27-15-8-13(25)18(35-21-14(28-11(2)29)7-6-12(9-24)34-21)16(30)19(15)36-22-17(31)20(26-4)23(3,32)10-33-22/h6,13-22,26-27,30-32H,5,7-10,24-25H2,1-4H3,(H,28,29)/t13-,14+,15+,16-,17+,18+,19-,20-,21+,22+,23-/m0/s1. The molecule has 3 aliphatic rings. The average Bonchev–Trinajstić information content (AvgIpc) is 2.81. The molecule has 13 nitrogen and oxygen atoms in total. The first-order valence-corrected chi connectivity index (χ1v) is 12.5. The molecule has 208 valence electrons. The van der Waals surface area contributed by atoms with Gasteiger partial charge in [-0.1, -0.05) is 6.92 Å². The number of hydrogen-bond donors (Lipinski definition) is 8. The van der Waals surface area contributed by atoms with Crippen molar-refractivity contribution in [2.45, 2.75) is 100 Å². The maximum Gasteiger partial charge on any atom is 0.220 e. The number of likely N-dealkylation sites (N-methyl/N-ethyl adjacent to an activating group) is 2. The van der Waals surface area contributed by atoms with Crippen LogP contribution in [0.5, 0.6) is 0 Å². The van der Waals surface area contributed by atoms with Crippen molar-refractivity contribution in [2.75, 3.05) is 26.7 Å². The number of aliphatic hydroxyl groups excluding tert-OH is 2. The maximum atomic E-state index is 11.7. The van der Waals surface area contributed by atoms with Crippen LogP contribution in [0.25, 0.3) is 0 Å². The van der Waals surface area contributed by atoms with Gasteiger partial charge in [0.2, 0.25) is 12.2 Å². The highest BCUT2D eigenvalue weighted by atomic mass is 16.7. The molecule has 0 bridgehead atoms. The fourth-order valence-corrected chi connectivity index (χ4v) is 5.22. The van der Waals surface area contributed by atoms with E-state index in [0.717, 1.165) is 0 Å². The second kappa shape index (κ2) is 12.4. The topological polar surface area (TPSA) is 203 Å². The monoisotopic (exact) mass is 517 g/mol. The smallest absolute Gasteiger partial charge is 0.220 e. The lowest BCUT2D eigenvalue weighted by atomic mass is 9.83. The van der Waals surface area contributed by atoms with Crippen LogP contribution < -0.4 is 27.4 Å². The first-order chi connectivity index (χ1) is 17.0. The molecule has 1 aliphatic carbocycles. The van der Waals surface area contributed by atoms with Crippen LogP contribution in [0.4, 0.5) is 0 Å². The van der Waals surface area contributed by atoms with Gasteiger partial charge in [-0.05, 0) is 39.4 Å². The van der Waals surface area contributed by atoms with Crippen molar-refractivity contribution in [2.24, 2.45) is 11.5 Å². The lowest BCUT2D eigenvalue weighted by molar-refractivity contribution is -0.304. The second-order valence-corrected chi connectivity index (χ2v) is 9.95. The Kier molecular flexibility index (Phi) is 10.1. The zero-order chi connectivity index (χ0) is 26.6. The highest BCUT2D eigenvalue weighted by Crippen LogP contribution is 2.32. The first kappa shape index (κ1) is 29.2. The van der Waals surface area contributed by atoms with Crippen molar-refractivity contribution >= 4 is 5.91 Å². The molecule has 10 N–H and O–H groups in total. The van der Waals surface area contributed by atoms with E-state index in [1.165, 1.54) is 6.92 Å². The fraction of sp³-hybridized carbons (Fsp3) is 0.870. The van der Waals surface area contributed by atoms with E-state index < -0.39 is 60.7 Å². The maximum absolute atomic E-state index is 11.7. The van der Waals surface area contributed by atoms with Gasteiger partial charge in [-0.15, -0.1) is 0 Å². The lowest BCUT2D eigenvalue weighted by Gasteiger charge is -2.49. The minimum absolute atomic E-state index is 0.0725. The Morgan fingerprint density at radius 3 is 2.53 bits per heavy atom. The molecule has 2 heterocycles. The van der Waals surface area contributed by atoms with E-state index in [0.29, 0.717) is 25.1 Å². The number of nitrogens with two attached hydrogens (primary N) is 2. The van der Waals surface area contributed by atoms with Crippen LogP contribution in [0.3, 0.4) is 0 Å². The lowest BCUT2D eigenvalue weighted by Crippen LogP contribution is -2.69. The molecule has 0 unspecified atom stereocenters. The summed E-state index contributed by atoms with van der Waals surface area (Å²) in [5.41, 5.74) is 10.9. The summed E-state index contributed by atoms with van der Waals surface area (Å²) in [6, 6.07) is -2.14. The molecule has 3 rings (SSSR count). The molecular weight excluding hydrogens is 474 g/mol. The molecule has 0 spiro atoms. The van der Waals surface area contributed by atoms with Gasteiger partial charge < -0.3 is 61.7 Å². The van der Waals surface area contributed by atoms with E-state index in [1.807, 2.05) is 6.92 Å². The van der Waals surface area contributed by atoms with E-state index in [1.54, 1.807) is 20.0 Å². The molecule has 11 atom stereocenters. The molecule has 0 aromatic rings. The minimum atomic E-state index is -1.31. The summed E-state index contributed by atoms with van der Waals surface area (Å²) in [5, 5.41) is 41.8. The number of amides is 1. The van der Waals surface area contributed by atoms with Crippen molar-refractivity contribution < 1.29 is 39.1 Å². The van der Waals surface area contributed by atoms with E-state index in [-0.39, 0.29) is 25.1 Å². The molecule has 2 aliphatic heterocycles. The van der Waals surface area contributed by atoms with Crippen molar-refractivity contribution in [1.82, 2.24) is 16.0 Å². The number of hydrogen-bond acceptors (Lipinski definition) is 12. The van der Waals surface area contributed by atoms with Gasteiger partial charge in [0, 0.05) is 19.0 Å². The summed E-state index contributed by atoms with van der Waals surface area (Å²) >= 11 is 0. The zero-order valence-corrected chi connectivity index (χ0v) is 21.4. The third kappa shape index (κ3) is 6.54. The van der Waals surface area contributed by atoms with Crippen LogP contribution in [-0.2, 0) is 23.7 Å². The van der Waals surface area contributed by atoms with Crippen LogP contribution in [0.1, 0.15) is 33.6 Å². The molecule has 1 saturated heterocycles. The summed E-state index contributed by atoms with van der Waals surface area (Å²) in [7, 11) is 1.63. The van der Waals surface area contributed by atoms with Gasteiger partial charge in [0.15, 0.2) is 6.29 Å². The summed E-state index contributed by atoms with van der Waals surface area (Å²) in [5.74, 6) is 0.268. The molecule has 1 amide bonds. The number of nitrogens with one attached hydrogen (secondary N) is 3. The van der Waals surface area contributed by atoms with Gasteiger partial charge in [-0.25, -0.2) is 0 Å². The van der Waals surface area contributed by atoms with Gasteiger partial charge in [-0.3, -0.25) is 4.79 Å². The zero-order valence-electron chi connectivity index (χ0n) is 21.4. The van der Waals surface area contributed by atoms with E-state index in [2.05, 4.69) is 16.0 Å². The van der Waals surface area contributed by atoms with Crippen LogP contribution in [0.15, 0.2) is 11.8 Å². The quantitative estimate of drug-likeness (QED) is 0.154. The fourth-order valence-electron chi connectivity index (χ4n) is 5.22. The van der Waals surface area contributed by atoms with E-state index >= 15 is 0 Å². The predicted molar refractivity (Wildman–Crippen MR) is 129 cm³/mol. The third-order valence-corrected chi connectivity index (χ3v) is 6.99. The summed E-state index contributed by atoms with van der Waals surface area (Å²) in [4.78, 5) is 11.7. The predicted octanol–water partition coefficient (Wildman–Crippen LogP) is -3.02. The molecular formula is C23H43N5O8. The van der Waals surface area contributed by atoms with E-state index in [9.17, 15) is 20.1 Å². The van der Waals surface area contributed by atoms with Crippen LogP contribution in [-0.4, -0.2) is 115 Å². The SMILES string of the molecule is CCN[C@@H]1C[C@H](N)[C@@H](O[C@H]2OC(CN)=CC[C@H]2NC(C)=O)[C@H](O)[C@H]1O[C@H]1OC[C@](C)(O)[C@@H](NC)[C@H]1O. The summed E-state index contributed by atoms with van der Waals surface area (Å²) in [6.07, 6.45) is -3.59. The summed E-state index contributed by atoms with van der Waals surface area (Å²) < 4.78 is 23.8. The number of ether oxygens (including phenoxy) is 4. The van der Waals surface area contributed by atoms with Gasteiger partial charge in [-0.2, -0.15) is 0 Å². The average molecular weight is 518 g/mol. The van der Waals surface area contributed by atoms with Crippen LogP contribution >= 0.6 is 0 Å². The molecule has 13 heteroatoms. The first-order valence-electron chi connectivity index (χ1n) is 12.5. The number of carbonyl (C=O) groups excluding carboxylic acids is 1. The molecule has 0 aromatic carbocycles. The highest BCUT2D eigenvalue weighted by Gasteiger charge is 2.51. The Morgan fingerprint density at radius 2 is 1.92 bits per heavy atom. The van der Waals surface area contributed by atoms with Crippen molar-refractivity contribution in [3.8, 4) is 0 Å². The van der Waals surface area contributed by atoms with Crippen LogP contribution in [0, 0.1) is 0 Å². The second-order valence-electron chi connectivity index (χ2n) is 9.95. The van der Waals surface area contributed by atoms with Gasteiger partial charge in [0.25, 0.3) is 0 Å². The molecule has 1 saturated carbocycles. The Balaban J connectivity index is 1.79. The third-order valence-electron chi connectivity index (χ3n) is 6.99. The van der Waals surface area contributed by atoms with Gasteiger partial charge in [0.05, 0.1) is 25.2 Å². The Labute approximate surface area is 211 Å². The van der Waals surface area contributed by atoms with Crippen molar-refractivity contribution in [3.63, 3.8) is 0 Å². The Bertz CT molecular complexity index is 771. The molecule has 0 aromatic heterocycles. The largest absolute Gasteiger partial charge is 0.466 e. The van der Waals surface area contributed by atoms with Gasteiger partial charge >= 0.3 is 0 Å². The van der Waals surface area contributed by atoms with Crippen LogP contribution in [0.2, 0.25) is 0 Å². The van der Waals surface area contributed by atoms with Crippen molar-refractivity contribution in [1.29, 1.82) is 0 Å². The van der Waals surface area contributed by atoms with Crippen molar-refractivity contribution in [3.05, 3.63) is 11.8 Å². The van der Waals surface area contributed by atoms with Gasteiger partial charge in [0.1, 0.15) is 35.8 Å².